The number of hydrogen-bond donors (Lipinski definition) is 2. The average Bonchev–Trinajstić information content (AvgIpc) is 2.51. The smallest absolute Gasteiger partial charge is 0.161 e. The topological polar surface area (TPSA) is 41.5 Å². The van der Waals surface area contributed by atoms with Crippen LogP contribution in [0.2, 0.25) is 0 Å². The van der Waals surface area contributed by atoms with Gasteiger partial charge in [0.05, 0.1) is 12.3 Å². The number of phenols is 1. The summed E-state index contributed by atoms with van der Waals surface area (Å²) < 4.78 is 5.42. The highest BCUT2D eigenvalue weighted by Crippen LogP contribution is 2.39. The van der Waals surface area contributed by atoms with Crippen molar-refractivity contribution < 1.29 is 9.84 Å². The monoisotopic (exact) mass is 329 g/mol. The number of rotatable bonds is 3. The molecular formula is C17H15NO2S2. The standard InChI is InChI=1S/C17H15NO2S2/c1-2-20-14-9-11(7-8-13(14)19)10-16-17(21)18-12-5-3-4-6-15(12)22-16/h3-10,19H,2H2,1H3,(H,18,21)/b16-10-. The first-order valence-electron chi connectivity index (χ1n) is 6.93. The number of phenolic OH excluding ortho intramolecular Hbond substituents is 1. The molecular weight excluding hydrogens is 314 g/mol. The first-order valence-corrected chi connectivity index (χ1v) is 8.15. The Bertz CT molecular complexity index is 756. The lowest BCUT2D eigenvalue weighted by Crippen LogP contribution is -2.14. The number of nitrogens with one attached hydrogen (secondary N) is 1. The first-order chi connectivity index (χ1) is 10.7. The van der Waals surface area contributed by atoms with Crippen molar-refractivity contribution in [3.8, 4) is 11.5 Å². The molecule has 0 unspecified atom stereocenters. The van der Waals surface area contributed by atoms with Gasteiger partial charge in [-0.05, 0) is 42.8 Å². The number of aromatic hydroxyl groups is 1. The van der Waals surface area contributed by atoms with E-state index in [1.165, 1.54) is 0 Å². The molecule has 2 aromatic rings. The minimum Gasteiger partial charge on any atom is -0.504 e. The van der Waals surface area contributed by atoms with Crippen LogP contribution in [-0.2, 0) is 0 Å². The number of thioether (sulfide) groups is 1. The summed E-state index contributed by atoms with van der Waals surface area (Å²) in [6.07, 6.45) is 2.00. The van der Waals surface area contributed by atoms with Crippen molar-refractivity contribution >= 4 is 40.7 Å². The molecule has 112 valence electrons. The molecule has 1 aliphatic heterocycles. The second kappa shape index (κ2) is 6.42. The number of benzene rings is 2. The largest absolute Gasteiger partial charge is 0.504 e. The predicted octanol–water partition coefficient (Wildman–Crippen LogP) is 4.68. The lowest BCUT2D eigenvalue weighted by molar-refractivity contribution is 0.318. The molecule has 0 spiro atoms. The van der Waals surface area contributed by atoms with Crippen LogP contribution in [0.5, 0.6) is 11.5 Å². The third-order valence-corrected chi connectivity index (χ3v) is 4.73. The highest BCUT2D eigenvalue weighted by Gasteiger charge is 2.17. The van der Waals surface area contributed by atoms with Gasteiger partial charge in [-0.1, -0.05) is 42.2 Å². The van der Waals surface area contributed by atoms with Crippen molar-refractivity contribution in [2.75, 3.05) is 11.9 Å². The molecule has 1 aliphatic rings. The summed E-state index contributed by atoms with van der Waals surface area (Å²) in [7, 11) is 0. The molecule has 22 heavy (non-hydrogen) atoms. The maximum absolute atomic E-state index is 9.77. The van der Waals surface area contributed by atoms with Gasteiger partial charge in [0.2, 0.25) is 0 Å². The molecule has 2 N–H and O–H groups in total. The maximum atomic E-state index is 9.77. The van der Waals surface area contributed by atoms with Crippen LogP contribution in [0.1, 0.15) is 12.5 Å². The molecule has 0 saturated heterocycles. The van der Waals surface area contributed by atoms with E-state index >= 15 is 0 Å². The van der Waals surface area contributed by atoms with Crippen LogP contribution in [0, 0.1) is 0 Å². The average molecular weight is 329 g/mol. The van der Waals surface area contributed by atoms with Crippen LogP contribution in [0.15, 0.2) is 52.3 Å². The molecule has 3 rings (SSSR count). The van der Waals surface area contributed by atoms with Crippen molar-refractivity contribution in [2.45, 2.75) is 11.8 Å². The number of anilines is 1. The van der Waals surface area contributed by atoms with Crippen LogP contribution < -0.4 is 10.1 Å². The first kappa shape index (κ1) is 14.9. The summed E-state index contributed by atoms with van der Waals surface area (Å²) in [5.41, 5.74) is 1.97. The number of hydrogen-bond acceptors (Lipinski definition) is 4. The second-order valence-electron chi connectivity index (χ2n) is 4.72. The van der Waals surface area contributed by atoms with E-state index in [1.54, 1.807) is 17.8 Å². The zero-order chi connectivity index (χ0) is 15.5. The van der Waals surface area contributed by atoms with E-state index in [0.29, 0.717) is 17.3 Å². The van der Waals surface area contributed by atoms with Gasteiger partial charge in [0.25, 0.3) is 0 Å². The quantitative estimate of drug-likeness (QED) is 0.632. The van der Waals surface area contributed by atoms with E-state index in [-0.39, 0.29) is 5.75 Å². The minimum absolute atomic E-state index is 0.145. The van der Waals surface area contributed by atoms with Crippen LogP contribution >= 0.6 is 24.0 Å². The number of ether oxygens (including phenoxy) is 1. The summed E-state index contributed by atoms with van der Waals surface area (Å²) in [6.45, 7) is 2.40. The Balaban J connectivity index is 1.92. The van der Waals surface area contributed by atoms with Crippen molar-refractivity contribution in [3.05, 3.63) is 52.9 Å². The molecule has 0 bridgehead atoms. The Morgan fingerprint density at radius 2 is 2.09 bits per heavy atom. The van der Waals surface area contributed by atoms with Crippen molar-refractivity contribution in [1.29, 1.82) is 0 Å². The summed E-state index contributed by atoms with van der Waals surface area (Å²) in [4.78, 5) is 2.82. The van der Waals surface area contributed by atoms with E-state index in [4.69, 9.17) is 17.0 Å². The van der Waals surface area contributed by atoms with Gasteiger partial charge in [0.15, 0.2) is 11.5 Å². The summed E-state index contributed by atoms with van der Waals surface area (Å²) >= 11 is 7.07. The lowest BCUT2D eigenvalue weighted by Gasteiger charge is -2.20. The van der Waals surface area contributed by atoms with Gasteiger partial charge in [0, 0.05) is 9.80 Å². The summed E-state index contributed by atoms with van der Waals surface area (Å²) in [6, 6.07) is 13.4. The Morgan fingerprint density at radius 1 is 1.27 bits per heavy atom. The molecule has 0 radical (unpaired) electrons. The van der Waals surface area contributed by atoms with Crippen molar-refractivity contribution in [3.63, 3.8) is 0 Å². The second-order valence-corrected chi connectivity index (χ2v) is 6.21. The zero-order valence-electron chi connectivity index (χ0n) is 12.0. The summed E-state index contributed by atoms with van der Waals surface area (Å²) in [5.74, 6) is 0.628. The molecule has 1 heterocycles. The third-order valence-electron chi connectivity index (χ3n) is 3.16. The van der Waals surface area contributed by atoms with E-state index in [1.807, 2.05) is 43.3 Å². The maximum Gasteiger partial charge on any atom is 0.161 e. The Labute approximate surface area is 139 Å². The third kappa shape index (κ3) is 3.10. The fraction of sp³-hybridized carbons (Fsp3) is 0.118. The molecule has 0 atom stereocenters. The van der Waals surface area contributed by atoms with Crippen molar-refractivity contribution in [1.82, 2.24) is 0 Å². The normalized spacial score (nSPS) is 15.3. The fourth-order valence-corrected chi connectivity index (χ4v) is 3.39. The van der Waals surface area contributed by atoms with Gasteiger partial charge >= 0.3 is 0 Å². The van der Waals surface area contributed by atoms with E-state index in [2.05, 4.69) is 11.4 Å². The number of para-hydroxylation sites is 1. The van der Waals surface area contributed by atoms with E-state index in [9.17, 15) is 5.11 Å². The molecule has 0 fully saturated rings. The van der Waals surface area contributed by atoms with E-state index in [0.717, 1.165) is 21.1 Å². The highest BCUT2D eigenvalue weighted by atomic mass is 32.2. The summed E-state index contributed by atoms with van der Waals surface area (Å²) in [5, 5.41) is 13.0. The van der Waals surface area contributed by atoms with Crippen LogP contribution in [-0.4, -0.2) is 16.7 Å². The Kier molecular flexibility index (Phi) is 4.36. The molecule has 3 nitrogen and oxygen atoms in total. The van der Waals surface area contributed by atoms with E-state index < -0.39 is 0 Å². The fourth-order valence-electron chi connectivity index (χ4n) is 2.15. The molecule has 0 amide bonds. The number of thiocarbonyl (C=S) groups is 1. The SMILES string of the molecule is CCOc1cc(/C=C2\Sc3ccccc3NC2=S)ccc1O. The van der Waals surface area contributed by atoms with Crippen molar-refractivity contribution in [2.24, 2.45) is 0 Å². The van der Waals surface area contributed by atoms with Crippen LogP contribution in [0.25, 0.3) is 6.08 Å². The molecule has 0 aromatic heterocycles. The Morgan fingerprint density at radius 3 is 2.91 bits per heavy atom. The van der Waals surface area contributed by atoms with Gasteiger partial charge in [0.1, 0.15) is 4.99 Å². The molecule has 0 saturated carbocycles. The van der Waals surface area contributed by atoms with Gasteiger partial charge in [-0.3, -0.25) is 0 Å². The zero-order valence-corrected chi connectivity index (χ0v) is 13.6. The lowest BCUT2D eigenvalue weighted by atomic mass is 10.2. The van der Waals surface area contributed by atoms with Gasteiger partial charge < -0.3 is 15.2 Å². The minimum atomic E-state index is 0.145. The predicted molar refractivity (Wildman–Crippen MR) is 95.8 cm³/mol. The molecule has 5 heteroatoms. The van der Waals surface area contributed by atoms with Gasteiger partial charge in [-0.25, -0.2) is 0 Å². The molecule has 2 aromatic carbocycles. The van der Waals surface area contributed by atoms with Crippen LogP contribution in [0.4, 0.5) is 5.69 Å². The highest BCUT2D eigenvalue weighted by molar-refractivity contribution is 8.05. The van der Waals surface area contributed by atoms with Gasteiger partial charge in [-0.15, -0.1) is 0 Å². The Hall–Kier alpha value is -1.98. The van der Waals surface area contributed by atoms with Crippen LogP contribution in [0.3, 0.4) is 0 Å². The number of fused-ring (bicyclic) bond motifs is 1. The van der Waals surface area contributed by atoms with Gasteiger partial charge in [-0.2, -0.15) is 0 Å². The molecule has 0 aliphatic carbocycles.